The summed E-state index contributed by atoms with van der Waals surface area (Å²) in [6.07, 6.45) is 0.485. The monoisotopic (exact) mass is 395 g/mol. The third-order valence-corrected chi connectivity index (χ3v) is 6.19. The number of aryl methyl sites for hydroxylation is 1. The Morgan fingerprint density at radius 1 is 0.933 bits per heavy atom. The van der Waals surface area contributed by atoms with E-state index in [2.05, 4.69) is 66.9 Å². The predicted molar refractivity (Wildman–Crippen MR) is 121 cm³/mol. The fourth-order valence-corrected chi connectivity index (χ4v) is 4.62. The summed E-state index contributed by atoms with van der Waals surface area (Å²) in [4.78, 5) is 19.9. The molecule has 1 saturated heterocycles. The zero-order chi connectivity index (χ0) is 20.7. The maximum absolute atomic E-state index is 13.0. The number of hydrogen-bond donors (Lipinski definition) is 0. The molecule has 4 aromatic rings. The Hall–Kier alpha value is -3.40. The second-order valence-corrected chi connectivity index (χ2v) is 8.11. The molecule has 30 heavy (non-hydrogen) atoms. The van der Waals surface area contributed by atoms with Gasteiger partial charge in [0.15, 0.2) is 0 Å². The van der Waals surface area contributed by atoms with Crippen molar-refractivity contribution in [3.8, 4) is 0 Å². The van der Waals surface area contributed by atoms with Crippen LogP contribution in [0, 0.1) is 6.92 Å². The van der Waals surface area contributed by atoms with Crippen LogP contribution in [0.3, 0.4) is 0 Å². The van der Waals surface area contributed by atoms with E-state index in [0.29, 0.717) is 13.0 Å². The van der Waals surface area contributed by atoms with E-state index in [0.717, 1.165) is 28.1 Å². The van der Waals surface area contributed by atoms with Gasteiger partial charge in [-0.15, -0.1) is 0 Å². The number of nitrogens with zero attached hydrogens (tertiary/aromatic N) is 3. The molecule has 4 nitrogen and oxygen atoms in total. The molecular formula is C26H25N3O. The first-order chi connectivity index (χ1) is 14.6. The first-order valence-corrected chi connectivity index (χ1v) is 10.5. The highest BCUT2D eigenvalue weighted by Gasteiger charge is 2.36. The van der Waals surface area contributed by atoms with Crippen molar-refractivity contribution in [1.29, 1.82) is 0 Å². The molecule has 1 aromatic heterocycles. The number of carbonyl (C=O) groups is 1. The van der Waals surface area contributed by atoms with Gasteiger partial charge in [0.25, 0.3) is 0 Å². The summed E-state index contributed by atoms with van der Waals surface area (Å²) < 4.78 is 2.32. The molecule has 4 heteroatoms. The van der Waals surface area contributed by atoms with Crippen LogP contribution in [0.15, 0.2) is 78.9 Å². The van der Waals surface area contributed by atoms with E-state index >= 15 is 0 Å². The van der Waals surface area contributed by atoms with E-state index in [1.807, 2.05) is 35.2 Å². The predicted octanol–water partition coefficient (Wildman–Crippen LogP) is 5.47. The molecule has 1 aliphatic heterocycles. The second kappa shape index (κ2) is 7.45. The van der Waals surface area contributed by atoms with Gasteiger partial charge in [-0.2, -0.15) is 0 Å². The van der Waals surface area contributed by atoms with Crippen LogP contribution in [0.2, 0.25) is 0 Å². The Morgan fingerprint density at radius 3 is 2.43 bits per heavy atom. The highest BCUT2D eigenvalue weighted by molar-refractivity contribution is 5.97. The minimum Gasteiger partial charge on any atom is -0.320 e. The van der Waals surface area contributed by atoms with E-state index in [9.17, 15) is 4.79 Å². The number of aromatic nitrogens is 2. The van der Waals surface area contributed by atoms with Gasteiger partial charge in [0.1, 0.15) is 5.82 Å². The van der Waals surface area contributed by atoms with Crippen molar-refractivity contribution in [2.75, 3.05) is 11.4 Å². The Kier molecular flexibility index (Phi) is 4.62. The number of rotatable bonds is 4. The topological polar surface area (TPSA) is 38.1 Å². The fourth-order valence-electron chi connectivity index (χ4n) is 4.62. The zero-order valence-electron chi connectivity index (χ0n) is 17.3. The number of benzene rings is 3. The van der Waals surface area contributed by atoms with E-state index in [1.54, 1.807) is 0 Å². The molecule has 0 aliphatic carbocycles. The zero-order valence-corrected chi connectivity index (χ0v) is 17.3. The van der Waals surface area contributed by atoms with Crippen molar-refractivity contribution >= 4 is 22.6 Å². The highest BCUT2D eigenvalue weighted by atomic mass is 16.2. The molecule has 5 rings (SSSR count). The van der Waals surface area contributed by atoms with Crippen LogP contribution < -0.4 is 4.90 Å². The van der Waals surface area contributed by atoms with E-state index in [1.165, 1.54) is 5.56 Å². The number of hydrogen-bond acceptors (Lipinski definition) is 2. The van der Waals surface area contributed by atoms with Crippen LogP contribution in [0.5, 0.6) is 0 Å². The molecule has 150 valence electrons. The molecule has 0 saturated carbocycles. The quantitative estimate of drug-likeness (QED) is 0.459. The lowest BCUT2D eigenvalue weighted by Gasteiger charge is -2.22. The minimum absolute atomic E-state index is 0.0654. The maximum atomic E-state index is 13.0. The summed E-state index contributed by atoms with van der Waals surface area (Å²) in [5.41, 5.74) is 5.46. The summed E-state index contributed by atoms with van der Waals surface area (Å²) in [5.74, 6) is 1.23. The molecule has 2 heterocycles. The average Bonchev–Trinajstić information content (AvgIpc) is 3.35. The molecule has 3 aromatic carbocycles. The number of amides is 1. The number of carbonyl (C=O) groups excluding carboxylic acids is 1. The van der Waals surface area contributed by atoms with Crippen LogP contribution in [0.4, 0.5) is 5.69 Å². The van der Waals surface area contributed by atoms with E-state index < -0.39 is 0 Å². The van der Waals surface area contributed by atoms with Crippen LogP contribution in [-0.2, 0) is 4.79 Å². The van der Waals surface area contributed by atoms with Crippen LogP contribution in [0.1, 0.15) is 42.3 Å². The van der Waals surface area contributed by atoms with Gasteiger partial charge >= 0.3 is 0 Å². The molecule has 1 amide bonds. The number of para-hydroxylation sites is 3. The standard InChI is InChI=1S/C26H25N3O/c1-18-10-6-8-14-23(18)28-17-21(16-25(28)30)26-27-22-13-7-9-15-24(22)29(26)19(2)20-11-4-3-5-12-20/h3-15,19,21H,16-17H2,1-2H3. The lowest BCUT2D eigenvalue weighted by Crippen LogP contribution is -2.25. The Morgan fingerprint density at radius 2 is 1.63 bits per heavy atom. The summed E-state index contributed by atoms with van der Waals surface area (Å²) in [6, 6.07) is 27.0. The number of fused-ring (bicyclic) bond motifs is 1. The molecule has 1 aliphatic rings. The fraction of sp³-hybridized carbons (Fsp3) is 0.231. The van der Waals surface area contributed by atoms with Crippen molar-refractivity contribution in [3.05, 3.63) is 95.8 Å². The molecule has 2 unspecified atom stereocenters. The molecule has 0 N–H and O–H groups in total. The van der Waals surface area contributed by atoms with Gasteiger partial charge in [-0.3, -0.25) is 4.79 Å². The molecule has 0 bridgehead atoms. The van der Waals surface area contributed by atoms with Crippen LogP contribution in [-0.4, -0.2) is 22.0 Å². The summed E-state index contributed by atoms with van der Waals surface area (Å²) >= 11 is 0. The van der Waals surface area contributed by atoms with Crippen molar-refractivity contribution in [2.24, 2.45) is 0 Å². The lowest BCUT2D eigenvalue weighted by atomic mass is 10.0. The lowest BCUT2D eigenvalue weighted by molar-refractivity contribution is -0.117. The van der Waals surface area contributed by atoms with Gasteiger partial charge < -0.3 is 9.47 Å². The molecular weight excluding hydrogens is 370 g/mol. The van der Waals surface area contributed by atoms with Crippen molar-refractivity contribution < 1.29 is 4.79 Å². The molecule has 0 spiro atoms. The summed E-state index contributed by atoms with van der Waals surface area (Å²) in [6.45, 7) is 4.93. The van der Waals surface area contributed by atoms with Gasteiger partial charge in [-0.25, -0.2) is 4.98 Å². The van der Waals surface area contributed by atoms with Gasteiger partial charge in [0.2, 0.25) is 5.91 Å². The third-order valence-electron chi connectivity index (χ3n) is 6.19. The molecule has 1 fully saturated rings. The minimum atomic E-state index is 0.0654. The van der Waals surface area contributed by atoms with Crippen molar-refractivity contribution in [2.45, 2.75) is 32.2 Å². The first kappa shape index (κ1) is 18.6. The Balaban J connectivity index is 1.58. The van der Waals surface area contributed by atoms with E-state index in [4.69, 9.17) is 4.98 Å². The first-order valence-electron chi connectivity index (χ1n) is 10.5. The van der Waals surface area contributed by atoms with Crippen molar-refractivity contribution in [3.63, 3.8) is 0 Å². The summed E-state index contributed by atoms with van der Waals surface area (Å²) in [7, 11) is 0. The Labute approximate surface area is 176 Å². The summed E-state index contributed by atoms with van der Waals surface area (Å²) in [5, 5.41) is 0. The average molecular weight is 396 g/mol. The highest BCUT2D eigenvalue weighted by Crippen LogP contribution is 2.36. The van der Waals surface area contributed by atoms with Gasteiger partial charge in [0, 0.05) is 24.6 Å². The molecule has 2 atom stereocenters. The smallest absolute Gasteiger partial charge is 0.227 e. The molecule has 0 radical (unpaired) electrons. The van der Waals surface area contributed by atoms with Crippen LogP contribution >= 0.6 is 0 Å². The van der Waals surface area contributed by atoms with Crippen LogP contribution in [0.25, 0.3) is 11.0 Å². The largest absolute Gasteiger partial charge is 0.320 e. The number of anilines is 1. The van der Waals surface area contributed by atoms with Crippen molar-refractivity contribution in [1.82, 2.24) is 9.55 Å². The van der Waals surface area contributed by atoms with Gasteiger partial charge in [-0.1, -0.05) is 60.7 Å². The van der Waals surface area contributed by atoms with Gasteiger partial charge in [-0.05, 0) is 43.2 Å². The Bertz CT molecular complexity index is 1210. The third kappa shape index (κ3) is 3.09. The normalized spacial score (nSPS) is 17.6. The second-order valence-electron chi connectivity index (χ2n) is 8.11. The number of imidazole rings is 1. The van der Waals surface area contributed by atoms with Gasteiger partial charge in [0.05, 0.1) is 17.1 Å². The maximum Gasteiger partial charge on any atom is 0.227 e. The SMILES string of the molecule is Cc1ccccc1N1CC(c2nc3ccccc3n2C(C)c2ccccc2)CC1=O. The van der Waals surface area contributed by atoms with E-state index in [-0.39, 0.29) is 17.9 Å².